The first-order chi connectivity index (χ1) is 17.4. The lowest BCUT2D eigenvalue weighted by atomic mass is 10.0. The molecule has 1 amide bonds. The van der Waals surface area contributed by atoms with Gasteiger partial charge in [0.05, 0.1) is 12.8 Å². The molecule has 0 spiro atoms. The molecule has 2 aromatic heterocycles. The molecule has 1 aliphatic rings. The number of carbonyl (C=O) groups is 1. The predicted octanol–water partition coefficient (Wildman–Crippen LogP) is 3.23. The fourth-order valence-corrected chi connectivity index (χ4v) is 5.64. The molecule has 0 radical (unpaired) electrons. The summed E-state index contributed by atoms with van der Waals surface area (Å²) >= 11 is 0. The minimum atomic E-state index is -2.99. The summed E-state index contributed by atoms with van der Waals surface area (Å²) in [5.74, 6) is -0.218. The monoisotopic (exact) mass is 548 g/mol. The number of rotatable bonds is 8. The highest BCUT2D eigenvalue weighted by Gasteiger charge is 2.54. The first-order valence-electron chi connectivity index (χ1n) is 11.7. The van der Waals surface area contributed by atoms with E-state index in [1.54, 1.807) is 24.3 Å². The van der Waals surface area contributed by atoms with Crippen molar-refractivity contribution in [2.45, 2.75) is 63.3 Å². The highest BCUT2D eigenvalue weighted by atomic mass is 31.1. The van der Waals surface area contributed by atoms with Crippen LogP contribution in [0.4, 0.5) is 5.95 Å². The van der Waals surface area contributed by atoms with Gasteiger partial charge in [-0.3, -0.25) is 10.1 Å². The Bertz CT molecular complexity index is 1280. The standard InChI is InChI=1S/C23H30N5O7PSi/c1-23(2,3)37(4,5)35-19-17(33-16(12-29)18(19)34-36(31)32)15-11-26-28-20(15)24-13-25-22(28)27-21(30)14-9-7-6-8-10-14/h6-11,13,16-19,29H,12H2,1-5H3,(H-,24,25,26,27,30,31,32)/p+1/t16-,17+,18-,19+/m1/s1. The largest absolute Gasteiger partial charge is 0.695 e. The van der Waals surface area contributed by atoms with Gasteiger partial charge in [0, 0.05) is 15.7 Å². The van der Waals surface area contributed by atoms with Crippen molar-refractivity contribution < 1.29 is 33.0 Å². The van der Waals surface area contributed by atoms with Crippen molar-refractivity contribution in [3.05, 3.63) is 54.0 Å². The number of ether oxygens (including phenoxy) is 1. The first kappa shape index (κ1) is 27.4. The van der Waals surface area contributed by atoms with Crippen molar-refractivity contribution in [1.82, 2.24) is 19.6 Å². The van der Waals surface area contributed by atoms with Crippen molar-refractivity contribution in [1.29, 1.82) is 0 Å². The molecule has 198 valence electrons. The zero-order chi connectivity index (χ0) is 27.0. The molecule has 0 saturated carbocycles. The van der Waals surface area contributed by atoms with Gasteiger partial charge in [0.1, 0.15) is 24.6 Å². The third-order valence-electron chi connectivity index (χ3n) is 6.84. The minimum absolute atomic E-state index is 0.148. The molecule has 14 heteroatoms. The fourth-order valence-electron chi connectivity index (χ4n) is 3.88. The average molecular weight is 549 g/mol. The maximum Gasteiger partial charge on any atom is 0.695 e. The van der Waals surface area contributed by atoms with Crippen LogP contribution in [0.5, 0.6) is 0 Å². The summed E-state index contributed by atoms with van der Waals surface area (Å²) in [4.78, 5) is 30.7. The molecule has 4 rings (SSSR count). The normalized spacial score (nSPS) is 22.8. The molecule has 1 unspecified atom stereocenters. The summed E-state index contributed by atoms with van der Waals surface area (Å²) in [6, 6.07) is 8.68. The molecule has 3 N–H and O–H groups in total. The van der Waals surface area contributed by atoms with Gasteiger partial charge >= 0.3 is 8.25 Å². The molecule has 37 heavy (non-hydrogen) atoms. The van der Waals surface area contributed by atoms with Crippen molar-refractivity contribution in [3.63, 3.8) is 0 Å². The number of aliphatic hydroxyl groups excluding tert-OH is 1. The number of nitrogens with one attached hydrogen (secondary N) is 1. The van der Waals surface area contributed by atoms with Gasteiger partial charge in [-0.15, -0.1) is 9.42 Å². The smallest absolute Gasteiger partial charge is 0.408 e. The molecule has 1 fully saturated rings. The van der Waals surface area contributed by atoms with Crippen LogP contribution < -0.4 is 5.32 Å². The first-order valence-corrected chi connectivity index (χ1v) is 15.8. The molecule has 1 aliphatic heterocycles. The van der Waals surface area contributed by atoms with E-state index in [1.165, 1.54) is 17.0 Å². The van der Waals surface area contributed by atoms with E-state index in [-0.39, 0.29) is 16.9 Å². The number of hydrogen-bond donors (Lipinski definition) is 3. The summed E-state index contributed by atoms with van der Waals surface area (Å²) in [6.07, 6.45) is -0.760. The Balaban J connectivity index is 1.72. The number of anilines is 1. The molecule has 3 aromatic rings. The molecule has 3 heterocycles. The molecular formula is C23H31N5O7PSi+. The average Bonchev–Trinajstić information content (AvgIpc) is 3.40. The molecule has 1 aromatic carbocycles. The lowest BCUT2D eigenvalue weighted by Crippen LogP contribution is -2.48. The van der Waals surface area contributed by atoms with Crippen LogP contribution in [-0.2, 0) is 18.3 Å². The van der Waals surface area contributed by atoms with Gasteiger partial charge < -0.3 is 14.3 Å². The Morgan fingerprint density at radius 2 is 1.92 bits per heavy atom. The summed E-state index contributed by atoms with van der Waals surface area (Å²) in [7, 11) is -5.42. The quantitative estimate of drug-likeness (QED) is 0.282. The van der Waals surface area contributed by atoms with E-state index in [4.69, 9.17) is 13.7 Å². The Kier molecular flexibility index (Phi) is 7.86. The molecule has 5 atom stereocenters. The second-order valence-electron chi connectivity index (χ2n) is 10.3. The lowest BCUT2D eigenvalue weighted by molar-refractivity contribution is -0.0181. The molecule has 0 aliphatic carbocycles. The van der Waals surface area contributed by atoms with Gasteiger partial charge in [-0.25, -0.2) is 9.97 Å². The van der Waals surface area contributed by atoms with Crippen LogP contribution >= 0.6 is 8.25 Å². The van der Waals surface area contributed by atoms with Crippen molar-refractivity contribution in [2.75, 3.05) is 11.9 Å². The maximum absolute atomic E-state index is 12.7. The number of benzene rings is 1. The Hall–Kier alpha value is -2.64. The number of aromatic nitrogens is 4. The van der Waals surface area contributed by atoms with Gasteiger partial charge in [-0.1, -0.05) is 39.0 Å². The third kappa shape index (κ3) is 5.63. The highest BCUT2D eigenvalue weighted by Crippen LogP contribution is 2.46. The number of nitrogens with zero attached hydrogens (tertiary/aromatic N) is 4. The van der Waals surface area contributed by atoms with E-state index >= 15 is 0 Å². The van der Waals surface area contributed by atoms with Gasteiger partial charge in [-0.05, 0) is 30.3 Å². The second kappa shape index (κ2) is 10.6. The minimum Gasteiger partial charge on any atom is -0.408 e. The van der Waals surface area contributed by atoms with Gasteiger partial charge in [-0.2, -0.15) is 9.61 Å². The van der Waals surface area contributed by atoms with E-state index in [9.17, 15) is 19.4 Å². The number of carbonyl (C=O) groups excluding carboxylic acids is 1. The highest BCUT2D eigenvalue weighted by molar-refractivity contribution is 7.32. The Labute approximate surface area is 216 Å². The van der Waals surface area contributed by atoms with Gasteiger partial charge in [0.15, 0.2) is 20.1 Å². The summed E-state index contributed by atoms with van der Waals surface area (Å²) < 4.78 is 31.1. The summed E-state index contributed by atoms with van der Waals surface area (Å²) in [5, 5.41) is 16.9. The molecule has 12 nitrogen and oxygen atoms in total. The lowest BCUT2D eigenvalue weighted by Gasteiger charge is -2.39. The summed E-state index contributed by atoms with van der Waals surface area (Å²) in [5.41, 5.74) is 1.30. The summed E-state index contributed by atoms with van der Waals surface area (Å²) in [6.45, 7) is 9.85. The van der Waals surface area contributed by atoms with Gasteiger partial charge in [0.2, 0.25) is 5.95 Å². The zero-order valence-electron chi connectivity index (χ0n) is 21.2. The predicted molar refractivity (Wildman–Crippen MR) is 137 cm³/mol. The van der Waals surface area contributed by atoms with E-state index in [0.717, 1.165) is 0 Å². The Morgan fingerprint density at radius 3 is 2.54 bits per heavy atom. The number of amides is 1. The van der Waals surface area contributed by atoms with E-state index < -0.39 is 47.6 Å². The second-order valence-corrected chi connectivity index (χ2v) is 15.7. The van der Waals surface area contributed by atoms with E-state index in [0.29, 0.717) is 16.8 Å². The number of hydrogen-bond acceptors (Lipinski definition) is 9. The van der Waals surface area contributed by atoms with Crippen LogP contribution in [0.15, 0.2) is 42.9 Å². The number of fused-ring (bicyclic) bond motifs is 1. The van der Waals surface area contributed by atoms with Crippen molar-refractivity contribution in [2.24, 2.45) is 0 Å². The maximum atomic E-state index is 12.7. The zero-order valence-corrected chi connectivity index (χ0v) is 23.1. The Morgan fingerprint density at radius 1 is 1.22 bits per heavy atom. The van der Waals surface area contributed by atoms with Crippen LogP contribution in [0.25, 0.3) is 5.65 Å². The van der Waals surface area contributed by atoms with E-state index in [2.05, 4.69) is 41.2 Å². The molecule has 0 bridgehead atoms. The fraction of sp³-hybridized carbons (Fsp3) is 0.478. The van der Waals surface area contributed by atoms with Crippen LogP contribution in [0.2, 0.25) is 18.1 Å². The number of aliphatic hydroxyl groups is 1. The third-order valence-corrected chi connectivity index (χ3v) is 11.7. The molecular weight excluding hydrogens is 517 g/mol. The SMILES string of the molecule is CC(C)(C)[Si](C)(C)O[C@@H]1[C@H](O[P+](=O)O)[C@@H](CO)O[C@H]1c1cnn2c(NC(=O)c3ccccc3)ncnc12. The van der Waals surface area contributed by atoms with Crippen molar-refractivity contribution in [3.8, 4) is 0 Å². The van der Waals surface area contributed by atoms with Crippen LogP contribution in [0, 0.1) is 0 Å². The van der Waals surface area contributed by atoms with Crippen LogP contribution in [0.3, 0.4) is 0 Å². The van der Waals surface area contributed by atoms with E-state index in [1.807, 2.05) is 19.2 Å². The van der Waals surface area contributed by atoms with Crippen LogP contribution in [0.1, 0.15) is 42.8 Å². The van der Waals surface area contributed by atoms with Crippen molar-refractivity contribution >= 4 is 34.1 Å². The topological polar surface area (TPSA) is 157 Å². The van der Waals surface area contributed by atoms with Crippen LogP contribution in [-0.4, -0.2) is 68.7 Å². The van der Waals surface area contributed by atoms with Gasteiger partial charge in [0.25, 0.3) is 5.91 Å². The molecule has 1 saturated heterocycles.